The molecule has 2 amide bonds. The quantitative estimate of drug-likeness (QED) is 0.842. The molecule has 0 aliphatic carbocycles. The fourth-order valence-corrected chi connectivity index (χ4v) is 3.62. The van der Waals surface area contributed by atoms with Crippen molar-refractivity contribution in [3.63, 3.8) is 0 Å². The minimum atomic E-state index is -1.15. The Morgan fingerprint density at radius 3 is 2.07 bits per heavy atom. The van der Waals surface area contributed by atoms with Crippen molar-refractivity contribution in [1.29, 1.82) is 0 Å². The van der Waals surface area contributed by atoms with Crippen molar-refractivity contribution in [2.75, 3.05) is 6.54 Å². The van der Waals surface area contributed by atoms with Crippen molar-refractivity contribution < 1.29 is 9.59 Å². The molecule has 0 aromatic heterocycles. The molecule has 0 saturated carbocycles. The molecule has 2 aromatic carbocycles. The summed E-state index contributed by atoms with van der Waals surface area (Å²) >= 11 is 0. The normalized spacial score (nSPS) is 19.6. The van der Waals surface area contributed by atoms with E-state index in [1.165, 1.54) is 0 Å². The van der Waals surface area contributed by atoms with Crippen molar-refractivity contribution in [3.05, 3.63) is 83.4 Å². The molecule has 0 radical (unpaired) electrons. The summed E-state index contributed by atoms with van der Waals surface area (Å²) in [5, 5.41) is 3.09. The average Bonchev–Trinajstić information content (AvgIpc) is 2.99. The molecular formula is C23H26N2O2. The second-order valence-electron chi connectivity index (χ2n) is 7.95. The van der Waals surface area contributed by atoms with Crippen LogP contribution in [0.2, 0.25) is 0 Å². The number of amides is 2. The van der Waals surface area contributed by atoms with Crippen LogP contribution in [0.5, 0.6) is 0 Å². The smallest absolute Gasteiger partial charge is 0.255 e. The van der Waals surface area contributed by atoms with Gasteiger partial charge in [0.15, 0.2) is 5.54 Å². The van der Waals surface area contributed by atoms with Gasteiger partial charge in [-0.1, -0.05) is 54.6 Å². The summed E-state index contributed by atoms with van der Waals surface area (Å²) in [4.78, 5) is 28.6. The minimum absolute atomic E-state index is 0.156. The van der Waals surface area contributed by atoms with Crippen LogP contribution in [0.4, 0.5) is 0 Å². The van der Waals surface area contributed by atoms with E-state index >= 15 is 0 Å². The first-order valence-corrected chi connectivity index (χ1v) is 9.19. The summed E-state index contributed by atoms with van der Waals surface area (Å²) in [5.41, 5.74) is 0.663. The topological polar surface area (TPSA) is 49.4 Å². The molecule has 0 bridgehead atoms. The van der Waals surface area contributed by atoms with Crippen LogP contribution in [0.25, 0.3) is 0 Å². The Morgan fingerprint density at radius 1 is 0.963 bits per heavy atom. The monoisotopic (exact) mass is 362 g/mol. The zero-order chi connectivity index (χ0) is 19.7. The van der Waals surface area contributed by atoms with E-state index in [4.69, 9.17) is 0 Å². The maximum Gasteiger partial charge on any atom is 0.255 e. The van der Waals surface area contributed by atoms with Gasteiger partial charge in [0, 0.05) is 17.6 Å². The van der Waals surface area contributed by atoms with Gasteiger partial charge < -0.3 is 10.2 Å². The van der Waals surface area contributed by atoms with Gasteiger partial charge in [0.2, 0.25) is 0 Å². The van der Waals surface area contributed by atoms with Crippen molar-refractivity contribution in [2.45, 2.75) is 38.8 Å². The van der Waals surface area contributed by atoms with Gasteiger partial charge in [-0.25, -0.2) is 0 Å². The Balaban J connectivity index is 2.15. The van der Waals surface area contributed by atoms with Crippen LogP contribution in [0.1, 0.15) is 43.6 Å². The number of carbonyl (C=O) groups is 2. The third-order valence-corrected chi connectivity index (χ3v) is 4.83. The van der Waals surface area contributed by atoms with E-state index in [0.29, 0.717) is 12.1 Å². The molecule has 0 spiro atoms. The van der Waals surface area contributed by atoms with E-state index in [-0.39, 0.29) is 11.8 Å². The van der Waals surface area contributed by atoms with Gasteiger partial charge in [0.05, 0.1) is 0 Å². The molecule has 0 saturated heterocycles. The maximum atomic E-state index is 13.6. The molecule has 3 rings (SSSR count). The van der Waals surface area contributed by atoms with Crippen LogP contribution in [0, 0.1) is 0 Å². The number of benzene rings is 2. The third kappa shape index (κ3) is 3.39. The Labute approximate surface area is 160 Å². The Bertz CT molecular complexity index is 866. The number of rotatable bonds is 3. The molecule has 4 heteroatoms. The Kier molecular flexibility index (Phi) is 4.92. The molecule has 1 heterocycles. The fraction of sp³-hybridized carbons (Fsp3) is 0.304. The van der Waals surface area contributed by atoms with E-state index in [1.54, 1.807) is 17.0 Å². The van der Waals surface area contributed by atoms with Gasteiger partial charge in [-0.3, -0.25) is 9.59 Å². The van der Waals surface area contributed by atoms with Gasteiger partial charge in [-0.15, -0.1) is 0 Å². The summed E-state index contributed by atoms with van der Waals surface area (Å²) in [7, 11) is 0. The molecule has 140 valence electrons. The molecule has 1 atom stereocenters. The molecular weight excluding hydrogens is 336 g/mol. The van der Waals surface area contributed by atoms with E-state index in [9.17, 15) is 9.59 Å². The first-order chi connectivity index (χ1) is 12.8. The van der Waals surface area contributed by atoms with E-state index in [0.717, 1.165) is 11.1 Å². The van der Waals surface area contributed by atoms with Gasteiger partial charge in [0.1, 0.15) is 0 Å². The highest BCUT2D eigenvalue weighted by Crippen LogP contribution is 2.41. The highest BCUT2D eigenvalue weighted by atomic mass is 16.2. The van der Waals surface area contributed by atoms with Gasteiger partial charge in [-0.2, -0.15) is 0 Å². The fourth-order valence-electron chi connectivity index (χ4n) is 3.62. The lowest BCUT2D eigenvalue weighted by molar-refractivity contribution is -0.131. The number of nitrogens with one attached hydrogen (secondary N) is 1. The van der Waals surface area contributed by atoms with Gasteiger partial charge >= 0.3 is 0 Å². The van der Waals surface area contributed by atoms with Crippen LogP contribution in [-0.2, 0) is 10.3 Å². The van der Waals surface area contributed by atoms with Crippen molar-refractivity contribution in [3.8, 4) is 0 Å². The number of carbonyl (C=O) groups excluding carboxylic acids is 2. The minimum Gasteiger partial charge on any atom is -0.349 e. The average molecular weight is 362 g/mol. The molecule has 2 aromatic rings. The van der Waals surface area contributed by atoms with E-state index in [1.807, 2.05) is 82.3 Å². The van der Waals surface area contributed by atoms with Crippen LogP contribution in [-0.4, -0.2) is 28.8 Å². The summed E-state index contributed by atoms with van der Waals surface area (Å²) < 4.78 is 0. The lowest BCUT2D eigenvalue weighted by Gasteiger charge is -2.41. The zero-order valence-corrected chi connectivity index (χ0v) is 16.3. The number of nitrogens with zero attached hydrogens (tertiary/aromatic N) is 1. The second kappa shape index (κ2) is 7.03. The van der Waals surface area contributed by atoms with Crippen molar-refractivity contribution in [2.24, 2.45) is 0 Å². The standard InChI is InChI=1S/C23H26N2O2/c1-17-15-16-25(20(26)18-11-7-5-8-12-18)23(17,19-13-9-6-10-14-19)21(27)24-22(2,3)4/h5-15H,16H2,1-4H3,(H,24,27)/t23-/m0/s1. The Morgan fingerprint density at radius 2 is 1.52 bits per heavy atom. The first kappa shape index (κ1) is 18.9. The first-order valence-electron chi connectivity index (χ1n) is 9.19. The third-order valence-electron chi connectivity index (χ3n) is 4.83. The molecule has 0 unspecified atom stereocenters. The van der Waals surface area contributed by atoms with Crippen LogP contribution >= 0.6 is 0 Å². The predicted octanol–water partition coefficient (Wildman–Crippen LogP) is 3.90. The van der Waals surface area contributed by atoms with Crippen molar-refractivity contribution in [1.82, 2.24) is 10.2 Å². The van der Waals surface area contributed by atoms with Crippen LogP contribution in [0.3, 0.4) is 0 Å². The molecule has 4 nitrogen and oxygen atoms in total. The number of hydrogen-bond acceptors (Lipinski definition) is 2. The summed E-state index contributed by atoms with van der Waals surface area (Å²) in [6.07, 6.45) is 1.97. The summed E-state index contributed by atoms with van der Waals surface area (Å²) in [6.45, 7) is 8.16. The lowest BCUT2D eigenvalue weighted by atomic mass is 9.81. The highest BCUT2D eigenvalue weighted by molar-refractivity contribution is 6.02. The van der Waals surface area contributed by atoms with Crippen molar-refractivity contribution >= 4 is 11.8 Å². The molecule has 1 N–H and O–H groups in total. The summed E-state index contributed by atoms with van der Waals surface area (Å²) in [5.74, 6) is -0.339. The number of hydrogen-bond donors (Lipinski definition) is 1. The molecule has 0 fully saturated rings. The van der Waals surface area contributed by atoms with Crippen LogP contribution < -0.4 is 5.32 Å². The second-order valence-corrected chi connectivity index (χ2v) is 7.95. The maximum absolute atomic E-state index is 13.6. The predicted molar refractivity (Wildman–Crippen MR) is 107 cm³/mol. The largest absolute Gasteiger partial charge is 0.349 e. The van der Waals surface area contributed by atoms with E-state index < -0.39 is 11.1 Å². The Hall–Kier alpha value is -2.88. The lowest BCUT2D eigenvalue weighted by Crippen LogP contribution is -2.59. The summed E-state index contributed by atoms with van der Waals surface area (Å²) in [6, 6.07) is 18.7. The highest BCUT2D eigenvalue weighted by Gasteiger charge is 2.52. The van der Waals surface area contributed by atoms with E-state index in [2.05, 4.69) is 5.32 Å². The molecule has 1 aliphatic heterocycles. The molecule has 27 heavy (non-hydrogen) atoms. The van der Waals surface area contributed by atoms with Crippen LogP contribution in [0.15, 0.2) is 72.3 Å². The SMILES string of the molecule is CC1=CCN(C(=O)c2ccccc2)[C@]1(C(=O)NC(C)(C)C)c1ccccc1. The molecule has 1 aliphatic rings. The van der Waals surface area contributed by atoms with Gasteiger partial charge in [0.25, 0.3) is 11.8 Å². The zero-order valence-electron chi connectivity index (χ0n) is 16.3. The van der Waals surface area contributed by atoms with Gasteiger partial charge in [-0.05, 0) is 51.0 Å².